The predicted molar refractivity (Wildman–Crippen MR) is 108 cm³/mol. The zero-order chi connectivity index (χ0) is 22.8. The van der Waals surface area contributed by atoms with Crippen LogP contribution >= 0.6 is 0 Å². The summed E-state index contributed by atoms with van der Waals surface area (Å²) < 4.78 is 79.7. The zero-order valence-electron chi connectivity index (χ0n) is 16.0. The maximum Gasteiger partial charge on any atom is 0.416 e. The molecule has 0 aliphatic heterocycles. The number of rotatable bonds is 5. The molecular formula is C21H16F4N2O3S. The van der Waals surface area contributed by atoms with Gasteiger partial charge in [0.2, 0.25) is 0 Å². The summed E-state index contributed by atoms with van der Waals surface area (Å²) in [5.74, 6) is -1.57. The highest BCUT2D eigenvalue weighted by Gasteiger charge is 2.30. The number of alkyl halides is 3. The molecule has 0 aliphatic carbocycles. The fourth-order valence-electron chi connectivity index (χ4n) is 2.73. The molecule has 0 atom stereocenters. The summed E-state index contributed by atoms with van der Waals surface area (Å²) in [5.41, 5.74) is -0.967. The van der Waals surface area contributed by atoms with E-state index < -0.39 is 33.5 Å². The molecule has 31 heavy (non-hydrogen) atoms. The van der Waals surface area contributed by atoms with E-state index >= 15 is 0 Å². The number of aryl methyl sites for hydroxylation is 1. The van der Waals surface area contributed by atoms with Gasteiger partial charge in [-0.15, -0.1) is 0 Å². The van der Waals surface area contributed by atoms with E-state index in [1.165, 1.54) is 36.4 Å². The number of nitrogens with one attached hydrogen (secondary N) is 2. The molecule has 0 saturated heterocycles. The largest absolute Gasteiger partial charge is 0.416 e. The molecule has 3 aromatic rings. The lowest BCUT2D eigenvalue weighted by Gasteiger charge is -2.13. The van der Waals surface area contributed by atoms with Crippen molar-refractivity contribution in [2.75, 3.05) is 10.0 Å². The zero-order valence-corrected chi connectivity index (χ0v) is 16.8. The number of anilines is 2. The monoisotopic (exact) mass is 452 g/mol. The molecule has 0 aromatic heterocycles. The maximum atomic E-state index is 13.8. The van der Waals surface area contributed by atoms with Crippen molar-refractivity contribution in [2.45, 2.75) is 18.0 Å². The van der Waals surface area contributed by atoms with Gasteiger partial charge in [0.15, 0.2) is 0 Å². The molecule has 0 fully saturated rings. The topological polar surface area (TPSA) is 75.3 Å². The van der Waals surface area contributed by atoms with Gasteiger partial charge in [0.05, 0.1) is 16.1 Å². The van der Waals surface area contributed by atoms with E-state index in [-0.39, 0.29) is 21.8 Å². The van der Waals surface area contributed by atoms with Crippen molar-refractivity contribution in [3.05, 3.63) is 89.2 Å². The number of benzene rings is 3. The summed E-state index contributed by atoms with van der Waals surface area (Å²) in [7, 11) is -4.23. The van der Waals surface area contributed by atoms with E-state index in [4.69, 9.17) is 0 Å². The first kappa shape index (κ1) is 22.3. The Labute approximate surface area is 175 Å². The summed E-state index contributed by atoms with van der Waals surface area (Å²) in [6.07, 6.45) is -4.58. The van der Waals surface area contributed by atoms with E-state index in [1.54, 1.807) is 6.92 Å². The molecule has 0 heterocycles. The highest BCUT2D eigenvalue weighted by molar-refractivity contribution is 7.92. The summed E-state index contributed by atoms with van der Waals surface area (Å²) in [6, 6.07) is 12.9. The lowest BCUT2D eigenvalue weighted by molar-refractivity contribution is -0.137. The van der Waals surface area contributed by atoms with Crippen LogP contribution in [0, 0.1) is 12.7 Å². The molecule has 3 rings (SSSR count). The van der Waals surface area contributed by atoms with Gasteiger partial charge in [-0.2, -0.15) is 13.2 Å². The molecule has 0 unspecified atom stereocenters. The van der Waals surface area contributed by atoms with Crippen molar-refractivity contribution >= 4 is 27.3 Å². The molecule has 2 N–H and O–H groups in total. The van der Waals surface area contributed by atoms with Crippen LogP contribution in [0.25, 0.3) is 0 Å². The van der Waals surface area contributed by atoms with Gasteiger partial charge in [-0.25, -0.2) is 12.8 Å². The fraction of sp³-hybridized carbons (Fsp3) is 0.0952. The molecule has 162 valence electrons. The Kier molecular flexibility index (Phi) is 6.03. The van der Waals surface area contributed by atoms with Gasteiger partial charge in [0.25, 0.3) is 15.9 Å². The number of amides is 1. The van der Waals surface area contributed by atoms with Gasteiger partial charge < -0.3 is 5.32 Å². The van der Waals surface area contributed by atoms with Crippen LogP contribution in [0.4, 0.5) is 28.9 Å². The van der Waals surface area contributed by atoms with E-state index in [0.717, 1.165) is 30.3 Å². The highest BCUT2D eigenvalue weighted by atomic mass is 32.2. The average Bonchev–Trinajstić information content (AvgIpc) is 2.69. The molecule has 0 spiro atoms. The highest BCUT2D eigenvalue weighted by Crippen LogP contribution is 2.31. The third kappa shape index (κ3) is 5.21. The third-order valence-electron chi connectivity index (χ3n) is 4.33. The first-order chi connectivity index (χ1) is 14.5. The number of hydrogen-bond donors (Lipinski definition) is 2. The Bertz CT molecular complexity index is 1240. The Hall–Kier alpha value is -3.40. The van der Waals surface area contributed by atoms with Gasteiger partial charge in [-0.05, 0) is 55.0 Å². The van der Waals surface area contributed by atoms with E-state index in [1.807, 2.05) is 0 Å². The fourth-order valence-corrected chi connectivity index (χ4v) is 3.83. The predicted octanol–water partition coefficient (Wildman–Crippen LogP) is 5.21. The van der Waals surface area contributed by atoms with E-state index in [0.29, 0.717) is 5.56 Å². The molecule has 5 nitrogen and oxygen atoms in total. The molecule has 3 aromatic carbocycles. The van der Waals surface area contributed by atoms with Crippen LogP contribution in [0.2, 0.25) is 0 Å². The van der Waals surface area contributed by atoms with Crippen LogP contribution in [-0.2, 0) is 16.2 Å². The van der Waals surface area contributed by atoms with Crippen molar-refractivity contribution in [1.29, 1.82) is 0 Å². The first-order valence-electron chi connectivity index (χ1n) is 8.84. The minimum Gasteiger partial charge on any atom is -0.322 e. The van der Waals surface area contributed by atoms with Crippen molar-refractivity contribution < 1.29 is 30.8 Å². The number of para-hydroxylation sites is 1. The van der Waals surface area contributed by atoms with Crippen LogP contribution in [0.15, 0.2) is 71.6 Å². The van der Waals surface area contributed by atoms with Gasteiger partial charge in [0, 0.05) is 11.3 Å². The third-order valence-corrected chi connectivity index (χ3v) is 5.69. The van der Waals surface area contributed by atoms with Gasteiger partial charge in [-0.3, -0.25) is 9.52 Å². The number of halogens is 4. The smallest absolute Gasteiger partial charge is 0.322 e. The van der Waals surface area contributed by atoms with E-state index in [2.05, 4.69) is 10.0 Å². The van der Waals surface area contributed by atoms with E-state index in [9.17, 15) is 30.8 Å². The Morgan fingerprint density at radius 2 is 1.65 bits per heavy atom. The number of carbonyl (C=O) groups excluding carboxylic acids is 1. The summed E-state index contributed by atoms with van der Waals surface area (Å²) in [6.45, 7) is 1.54. The normalized spacial score (nSPS) is 11.8. The maximum absolute atomic E-state index is 13.8. The quantitative estimate of drug-likeness (QED) is 0.522. The van der Waals surface area contributed by atoms with Crippen LogP contribution in [0.5, 0.6) is 0 Å². The Morgan fingerprint density at radius 3 is 2.32 bits per heavy atom. The minimum atomic E-state index is -4.58. The summed E-state index contributed by atoms with van der Waals surface area (Å²) >= 11 is 0. The SMILES string of the molecule is Cc1ccc(S(=O)(=O)Nc2ccccc2F)cc1C(=O)Nc1cccc(C(F)(F)F)c1. The molecule has 10 heteroatoms. The summed E-state index contributed by atoms with van der Waals surface area (Å²) in [5, 5.41) is 2.33. The molecule has 0 aliphatic rings. The lowest BCUT2D eigenvalue weighted by atomic mass is 10.1. The molecule has 0 saturated carbocycles. The molecule has 0 radical (unpaired) electrons. The van der Waals surface area contributed by atoms with Crippen molar-refractivity contribution in [3.8, 4) is 0 Å². The van der Waals surface area contributed by atoms with Crippen molar-refractivity contribution in [2.24, 2.45) is 0 Å². The van der Waals surface area contributed by atoms with Crippen LogP contribution in [0.3, 0.4) is 0 Å². The van der Waals surface area contributed by atoms with Crippen LogP contribution in [-0.4, -0.2) is 14.3 Å². The number of hydrogen-bond acceptors (Lipinski definition) is 3. The standard InChI is InChI=1S/C21H16F4N2O3S/c1-13-9-10-16(31(29,30)27-19-8-3-2-7-18(19)22)12-17(13)20(28)26-15-6-4-5-14(11-15)21(23,24)25/h2-12,27H,1H3,(H,26,28). The molecule has 1 amide bonds. The van der Waals surface area contributed by atoms with Gasteiger partial charge in [0.1, 0.15) is 5.82 Å². The lowest BCUT2D eigenvalue weighted by Crippen LogP contribution is -2.17. The first-order valence-corrected chi connectivity index (χ1v) is 10.3. The van der Waals surface area contributed by atoms with Crippen LogP contribution < -0.4 is 10.0 Å². The number of carbonyl (C=O) groups is 1. The second kappa shape index (κ2) is 8.38. The Morgan fingerprint density at radius 1 is 0.935 bits per heavy atom. The van der Waals surface area contributed by atoms with Crippen LogP contribution in [0.1, 0.15) is 21.5 Å². The molecular weight excluding hydrogens is 436 g/mol. The minimum absolute atomic E-state index is 0.0613. The van der Waals surface area contributed by atoms with Gasteiger partial charge in [-0.1, -0.05) is 24.3 Å². The Balaban J connectivity index is 1.89. The number of sulfonamides is 1. The average molecular weight is 452 g/mol. The van der Waals surface area contributed by atoms with Gasteiger partial charge >= 0.3 is 6.18 Å². The van der Waals surface area contributed by atoms with Crippen molar-refractivity contribution in [3.63, 3.8) is 0 Å². The second-order valence-corrected chi connectivity index (χ2v) is 8.28. The second-order valence-electron chi connectivity index (χ2n) is 6.59. The molecule has 0 bridgehead atoms. The van der Waals surface area contributed by atoms with Crippen molar-refractivity contribution in [1.82, 2.24) is 0 Å². The summed E-state index contributed by atoms with van der Waals surface area (Å²) in [4.78, 5) is 12.3.